The van der Waals surface area contributed by atoms with Gasteiger partial charge in [-0.2, -0.15) is 0 Å². The lowest BCUT2D eigenvalue weighted by molar-refractivity contribution is 0.119. The molecule has 2 rings (SSSR count). The standard InChI is InChI=1S/C16H31NO3S/c1-2-3-14-4-6-15(7-5-14)12-17(9-10-18)16-8-11-21(19,20)13-16/h14-16,18H,2-13H2,1H3. The Morgan fingerprint density at radius 3 is 2.29 bits per heavy atom. The van der Waals surface area contributed by atoms with Gasteiger partial charge in [0.05, 0.1) is 18.1 Å². The van der Waals surface area contributed by atoms with E-state index in [4.69, 9.17) is 0 Å². The molecule has 21 heavy (non-hydrogen) atoms. The molecule has 2 aliphatic rings. The molecule has 1 aliphatic carbocycles. The maximum atomic E-state index is 11.7. The van der Waals surface area contributed by atoms with Crippen LogP contribution in [0.15, 0.2) is 0 Å². The number of rotatable bonds is 7. The van der Waals surface area contributed by atoms with Gasteiger partial charge in [-0.1, -0.05) is 32.6 Å². The van der Waals surface area contributed by atoms with Crippen LogP contribution in [-0.4, -0.2) is 55.7 Å². The zero-order valence-electron chi connectivity index (χ0n) is 13.3. The van der Waals surface area contributed by atoms with Gasteiger partial charge in [-0.05, 0) is 31.1 Å². The molecule has 0 spiro atoms. The SMILES string of the molecule is CCCC1CCC(CN(CCO)C2CCS(=O)(=O)C2)CC1. The zero-order chi connectivity index (χ0) is 15.3. The molecular formula is C16H31NO3S. The molecule has 124 valence electrons. The number of nitrogens with zero attached hydrogens (tertiary/aromatic N) is 1. The predicted molar refractivity (Wildman–Crippen MR) is 86.1 cm³/mol. The van der Waals surface area contributed by atoms with Crippen LogP contribution in [0.2, 0.25) is 0 Å². The number of sulfone groups is 1. The highest BCUT2D eigenvalue weighted by Gasteiger charge is 2.33. The quantitative estimate of drug-likeness (QED) is 0.781. The van der Waals surface area contributed by atoms with Gasteiger partial charge in [0.1, 0.15) is 0 Å². The van der Waals surface area contributed by atoms with Gasteiger partial charge in [0, 0.05) is 19.1 Å². The molecule has 0 aromatic rings. The van der Waals surface area contributed by atoms with Crippen LogP contribution >= 0.6 is 0 Å². The van der Waals surface area contributed by atoms with E-state index in [9.17, 15) is 13.5 Å². The Bertz CT molecular complexity index is 402. The van der Waals surface area contributed by atoms with Crippen LogP contribution in [0.1, 0.15) is 51.9 Å². The van der Waals surface area contributed by atoms with Gasteiger partial charge in [-0.15, -0.1) is 0 Å². The first-order valence-electron chi connectivity index (χ1n) is 8.59. The maximum absolute atomic E-state index is 11.7. The van der Waals surface area contributed by atoms with Gasteiger partial charge in [-0.25, -0.2) is 8.42 Å². The van der Waals surface area contributed by atoms with Crippen LogP contribution in [0.5, 0.6) is 0 Å². The molecule has 1 aliphatic heterocycles. The monoisotopic (exact) mass is 317 g/mol. The van der Waals surface area contributed by atoms with Gasteiger partial charge in [0.25, 0.3) is 0 Å². The average Bonchev–Trinajstić information content (AvgIpc) is 2.81. The molecule has 2 fully saturated rings. The third-order valence-corrected chi connectivity index (χ3v) is 7.02. The maximum Gasteiger partial charge on any atom is 0.151 e. The van der Waals surface area contributed by atoms with Crippen molar-refractivity contribution in [1.29, 1.82) is 0 Å². The van der Waals surface area contributed by atoms with E-state index in [1.807, 2.05) is 0 Å². The summed E-state index contributed by atoms with van der Waals surface area (Å²) in [6.45, 7) is 3.98. The molecule has 1 unspecified atom stereocenters. The Balaban J connectivity index is 1.83. The average molecular weight is 317 g/mol. The molecule has 1 saturated carbocycles. The first-order valence-corrected chi connectivity index (χ1v) is 10.4. The van der Waals surface area contributed by atoms with E-state index in [1.54, 1.807) is 0 Å². The fourth-order valence-electron chi connectivity index (χ4n) is 4.06. The minimum absolute atomic E-state index is 0.127. The van der Waals surface area contributed by atoms with Gasteiger partial charge < -0.3 is 5.11 Å². The Hall–Kier alpha value is -0.130. The fourth-order valence-corrected chi connectivity index (χ4v) is 5.82. The Kier molecular flexibility index (Phi) is 6.51. The second-order valence-corrected chi connectivity index (χ2v) is 9.18. The summed E-state index contributed by atoms with van der Waals surface area (Å²) in [7, 11) is -2.84. The van der Waals surface area contributed by atoms with Crippen LogP contribution in [0.25, 0.3) is 0 Å². The van der Waals surface area contributed by atoms with Crippen LogP contribution in [0.3, 0.4) is 0 Å². The summed E-state index contributed by atoms with van der Waals surface area (Å²) in [6.07, 6.45) is 8.58. The smallest absolute Gasteiger partial charge is 0.151 e. The summed E-state index contributed by atoms with van der Waals surface area (Å²) < 4.78 is 23.3. The van der Waals surface area contributed by atoms with E-state index in [1.165, 1.54) is 38.5 Å². The molecule has 1 atom stereocenters. The lowest BCUT2D eigenvalue weighted by Crippen LogP contribution is -2.42. The third kappa shape index (κ3) is 5.22. The number of hydrogen-bond donors (Lipinski definition) is 1. The van der Waals surface area contributed by atoms with Gasteiger partial charge in [0.2, 0.25) is 0 Å². The largest absolute Gasteiger partial charge is 0.395 e. The minimum Gasteiger partial charge on any atom is -0.395 e. The predicted octanol–water partition coefficient (Wildman–Crippen LogP) is 2.07. The summed E-state index contributed by atoms with van der Waals surface area (Å²) in [5.74, 6) is 2.21. The normalized spacial score (nSPS) is 32.6. The fraction of sp³-hybridized carbons (Fsp3) is 1.00. The first-order chi connectivity index (χ1) is 10.0. The van der Waals surface area contributed by atoms with Crippen LogP contribution < -0.4 is 0 Å². The van der Waals surface area contributed by atoms with Crippen molar-refractivity contribution in [3.63, 3.8) is 0 Å². The molecule has 1 heterocycles. The Morgan fingerprint density at radius 1 is 1.10 bits per heavy atom. The van der Waals surface area contributed by atoms with Gasteiger partial charge >= 0.3 is 0 Å². The molecule has 0 bridgehead atoms. The molecule has 0 aromatic heterocycles. The van der Waals surface area contributed by atoms with E-state index in [0.717, 1.165) is 18.9 Å². The molecule has 0 radical (unpaired) electrons. The summed E-state index contributed by atoms with van der Waals surface area (Å²) in [5.41, 5.74) is 0. The molecule has 0 amide bonds. The van der Waals surface area contributed by atoms with E-state index in [-0.39, 0.29) is 18.4 Å². The van der Waals surface area contributed by atoms with E-state index >= 15 is 0 Å². The van der Waals surface area contributed by atoms with Crippen molar-refractivity contribution in [2.75, 3.05) is 31.2 Å². The highest BCUT2D eigenvalue weighted by atomic mass is 32.2. The van der Waals surface area contributed by atoms with Crippen molar-refractivity contribution in [3.05, 3.63) is 0 Å². The summed E-state index contributed by atoms with van der Waals surface area (Å²) >= 11 is 0. The van der Waals surface area contributed by atoms with Crippen molar-refractivity contribution >= 4 is 9.84 Å². The number of aliphatic hydroxyl groups excluding tert-OH is 1. The van der Waals surface area contributed by atoms with Crippen LogP contribution in [0.4, 0.5) is 0 Å². The molecule has 1 saturated heterocycles. The Labute approximate surface area is 129 Å². The van der Waals surface area contributed by atoms with E-state index < -0.39 is 9.84 Å². The van der Waals surface area contributed by atoms with Gasteiger partial charge in [0.15, 0.2) is 9.84 Å². The summed E-state index contributed by atoms with van der Waals surface area (Å²) in [5, 5.41) is 9.28. The highest BCUT2D eigenvalue weighted by Crippen LogP contribution is 2.32. The Morgan fingerprint density at radius 2 is 1.76 bits per heavy atom. The minimum atomic E-state index is -2.84. The molecule has 4 nitrogen and oxygen atoms in total. The summed E-state index contributed by atoms with van der Waals surface area (Å²) in [4.78, 5) is 2.25. The topological polar surface area (TPSA) is 57.6 Å². The van der Waals surface area contributed by atoms with Gasteiger partial charge in [-0.3, -0.25) is 4.90 Å². The first kappa shape index (κ1) is 17.2. The molecule has 1 N–H and O–H groups in total. The lowest BCUT2D eigenvalue weighted by atomic mass is 9.80. The van der Waals surface area contributed by atoms with Crippen molar-refractivity contribution in [2.45, 2.75) is 57.9 Å². The molecular weight excluding hydrogens is 286 g/mol. The second-order valence-electron chi connectivity index (χ2n) is 6.95. The molecule has 5 heteroatoms. The van der Waals surface area contributed by atoms with Crippen molar-refractivity contribution in [1.82, 2.24) is 4.90 Å². The van der Waals surface area contributed by atoms with Crippen LogP contribution in [0, 0.1) is 11.8 Å². The van der Waals surface area contributed by atoms with E-state index in [0.29, 0.717) is 18.2 Å². The second kappa shape index (κ2) is 7.93. The zero-order valence-corrected chi connectivity index (χ0v) is 14.2. The van der Waals surface area contributed by atoms with Crippen molar-refractivity contribution < 1.29 is 13.5 Å². The number of aliphatic hydroxyl groups is 1. The summed E-state index contributed by atoms with van der Waals surface area (Å²) in [6, 6.07) is 0.135. The number of hydrogen-bond acceptors (Lipinski definition) is 4. The van der Waals surface area contributed by atoms with Crippen molar-refractivity contribution in [3.8, 4) is 0 Å². The van der Waals surface area contributed by atoms with E-state index in [2.05, 4.69) is 11.8 Å². The third-order valence-electron chi connectivity index (χ3n) is 5.27. The highest BCUT2D eigenvalue weighted by molar-refractivity contribution is 7.91. The van der Waals surface area contributed by atoms with Crippen LogP contribution in [-0.2, 0) is 9.84 Å². The lowest BCUT2D eigenvalue weighted by Gasteiger charge is -2.35. The van der Waals surface area contributed by atoms with Crippen molar-refractivity contribution in [2.24, 2.45) is 11.8 Å². The molecule has 0 aromatic carbocycles.